The third-order valence-electron chi connectivity index (χ3n) is 3.38. The first-order chi connectivity index (χ1) is 11.0. The first-order valence-corrected chi connectivity index (χ1v) is 8.15. The third-order valence-corrected chi connectivity index (χ3v) is 4.54. The number of aromatic nitrogens is 1. The standard InChI is InChI=1S/C16H16FN3O2S/c1-9-15(16(22)20-11-5-6-11)23-14(18-9)8-13(21)19-12-4-2-3-10(17)7-12/h2-4,7,11H,5-6,8H2,1H3,(H,19,21)(H,20,22). The van der Waals surface area contributed by atoms with Gasteiger partial charge in [-0.05, 0) is 38.0 Å². The van der Waals surface area contributed by atoms with Crippen molar-refractivity contribution in [3.05, 3.63) is 45.7 Å². The maximum atomic E-state index is 13.1. The third kappa shape index (κ3) is 4.13. The van der Waals surface area contributed by atoms with E-state index in [9.17, 15) is 14.0 Å². The van der Waals surface area contributed by atoms with Crippen LogP contribution in [0.3, 0.4) is 0 Å². The zero-order valence-electron chi connectivity index (χ0n) is 12.6. The van der Waals surface area contributed by atoms with Crippen LogP contribution < -0.4 is 10.6 Å². The van der Waals surface area contributed by atoms with Crippen molar-refractivity contribution in [2.45, 2.75) is 32.2 Å². The molecule has 0 bridgehead atoms. The Hall–Kier alpha value is -2.28. The lowest BCUT2D eigenvalue weighted by atomic mass is 10.3. The Morgan fingerprint density at radius 1 is 1.39 bits per heavy atom. The lowest BCUT2D eigenvalue weighted by Crippen LogP contribution is -2.25. The van der Waals surface area contributed by atoms with Crippen LogP contribution >= 0.6 is 11.3 Å². The van der Waals surface area contributed by atoms with Gasteiger partial charge in [-0.3, -0.25) is 9.59 Å². The van der Waals surface area contributed by atoms with Gasteiger partial charge in [-0.15, -0.1) is 11.3 Å². The number of aryl methyl sites for hydroxylation is 1. The molecule has 5 nitrogen and oxygen atoms in total. The molecule has 1 fully saturated rings. The molecule has 0 radical (unpaired) electrons. The number of hydrogen-bond donors (Lipinski definition) is 2. The largest absolute Gasteiger partial charge is 0.349 e. The van der Waals surface area contributed by atoms with E-state index in [-0.39, 0.29) is 24.3 Å². The second-order valence-corrected chi connectivity index (χ2v) is 6.59. The van der Waals surface area contributed by atoms with Gasteiger partial charge in [0.15, 0.2) is 0 Å². The molecular formula is C16H16FN3O2S. The molecule has 0 aliphatic heterocycles. The van der Waals surface area contributed by atoms with Crippen LogP contribution in [0.25, 0.3) is 0 Å². The molecule has 1 aromatic heterocycles. The van der Waals surface area contributed by atoms with Gasteiger partial charge in [0.05, 0.1) is 12.1 Å². The fraction of sp³-hybridized carbons (Fsp3) is 0.312. The second-order valence-electron chi connectivity index (χ2n) is 5.51. The number of carbonyl (C=O) groups excluding carboxylic acids is 2. The molecule has 7 heteroatoms. The van der Waals surface area contributed by atoms with Gasteiger partial charge in [0.2, 0.25) is 5.91 Å². The van der Waals surface area contributed by atoms with Gasteiger partial charge < -0.3 is 10.6 Å². The maximum absolute atomic E-state index is 13.1. The van der Waals surface area contributed by atoms with E-state index in [4.69, 9.17) is 0 Å². The smallest absolute Gasteiger partial charge is 0.263 e. The highest BCUT2D eigenvalue weighted by molar-refractivity contribution is 7.13. The average molecular weight is 333 g/mol. The van der Waals surface area contributed by atoms with Gasteiger partial charge in [-0.2, -0.15) is 0 Å². The van der Waals surface area contributed by atoms with Crippen LogP contribution in [-0.4, -0.2) is 22.8 Å². The van der Waals surface area contributed by atoms with Crippen LogP contribution in [0.5, 0.6) is 0 Å². The molecule has 120 valence electrons. The summed E-state index contributed by atoms with van der Waals surface area (Å²) in [4.78, 5) is 28.9. The predicted molar refractivity (Wildman–Crippen MR) is 86.1 cm³/mol. The minimum atomic E-state index is -0.410. The molecule has 2 aromatic rings. The number of carbonyl (C=O) groups is 2. The zero-order chi connectivity index (χ0) is 16.4. The molecule has 0 atom stereocenters. The summed E-state index contributed by atoms with van der Waals surface area (Å²) < 4.78 is 13.1. The average Bonchev–Trinajstić information content (AvgIpc) is 3.20. The summed E-state index contributed by atoms with van der Waals surface area (Å²) in [6.07, 6.45) is 2.09. The second kappa shape index (κ2) is 6.45. The summed E-state index contributed by atoms with van der Waals surface area (Å²) in [6.45, 7) is 1.76. The number of thiazole rings is 1. The van der Waals surface area contributed by atoms with E-state index in [0.717, 1.165) is 12.8 Å². The monoisotopic (exact) mass is 333 g/mol. The Bertz CT molecular complexity index is 756. The molecule has 2 amide bonds. The van der Waals surface area contributed by atoms with Crippen LogP contribution in [-0.2, 0) is 11.2 Å². The van der Waals surface area contributed by atoms with E-state index < -0.39 is 5.82 Å². The van der Waals surface area contributed by atoms with Crippen molar-refractivity contribution in [2.75, 3.05) is 5.32 Å². The van der Waals surface area contributed by atoms with Crippen LogP contribution in [0.2, 0.25) is 0 Å². The van der Waals surface area contributed by atoms with E-state index in [2.05, 4.69) is 15.6 Å². The summed E-state index contributed by atoms with van der Waals surface area (Å²) in [6, 6.07) is 5.98. The normalized spacial score (nSPS) is 13.7. The summed E-state index contributed by atoms with van der Waals surface area (Å²) in [5.74, 6) is -0.829. The number of rotatable bonds is 5. The Morgan fingerprint density at radius 3 is 2.87 bits per heavy atom. The van der Waals surface area contributed by atoms with Crippen molar-refractivity contribution in [3.8, 4) is 0 Å². The van der Waals surface area contributed by atoms with E-state index >= 15 is 0 Å². The lowest BCUT2D eigenvalue weighted by molar-refractivity contribution is -0.115. The molecule has 3 rings (SSSR count). The highest BCUT2D eigenvalue weighted by Gasteiger charge is 2.26. The molecule has 1 aromatic carbocycles. The Balaban J connectivity index is 1.63. The first kappa shape index (κ1) is 15.6. The van der Waals surface area contributed by atoms with Crippen LogP contribution in [0.4, 0.5) is 10.1 Å². The number of halogens is 1. The first-order valence-electron chi connectivity index (χ1n) is 7.34. The minimum absolute atomic E-state index is 0.0543. The Kier molecular flexibility index (Phi) is 4.38. The fourth-order valence-corrected chi connectivity index (χ4v) is 3.09. The van der Waals surface area contributed by atoms with Crippen molar-refractivity contribution < 1.29 is 14.0 Å². The van der Waals surface area contributed by atoms with Gasteiger partial charge in [0.1, 0.15) is 15.7 Å². The van der Waals surface area contributed by atoms with Gasteiger partial charge >= 0.3 is 0 Å². The lowest BCUT2D eigenvalue weighted by Gasteiger charge is -2.03. The minimum Gasteiger partial charge on any atom is -0.349 e. The summed E-state index contributed by atoms with van der Waals surface area (Å²) in [5.41, 5.74) is 1.02. The number of nitrogens with zero attached hydrogens (tertiary/aromatic N) is 1. The molecule has 1 aliphatic rings. The van der Waals surface area contributed by atoms with Crippen LogP contribution in [0, 0.1) is 12.7 Å². The summed E-state index contributed by atoms with van der Waals surface area (Å²) in [5, 5.41) is 6.10. The highest BCUT2D eigenvalue weighted by atomic mass is 32.1. The Morgan fingerprint density at radius 2 is 2.17 bits per heavy atom. The van der Waals surface area contributed by atoms with Crippen LogP contribution in [0.1, 0.15) is 33.2 Å². The topological polar surface area (TPSA) is 71.1 Å². The van der Waals surface area contributed by atoms with Crippen molar-refractivity contribution in [1.82, 2.24) is 10.3 Å². The molecule has 23 heavy (non-hydrogen) atoms. The predicted octanol–water partition coefficient (Wildman–Crippen LogP) is 2.66. The molecule has 0 unspecified atom stereocenters. The number of nitrogens with one attached hydrogen (secondary N) is 2. The molecule has 1 saturated carbocycles. The van der Waals surface area contributed by atoms with Crippen molar-refractivity contribution >= 4 is 28.8 Å². The number of hydrogen-bond acceptors (Lipinski definition) is 4. The summed E-state index contributed by atoms with van der Waals surface area (Å²) >= 11 is 1.22. The number of anilines is 1. The number of benzene rings is 1. The molecular weight excluding hydrogens is 317 g/mol. The molecule has 0 saturated heterocycles. The van der Waals surface area contributed by atoms with E-state index in [1.54, 1.807) is 13.0 Å². The van der Waals surface area contributed by atoms with Gasteiger partial charge in [-0.1, -0.05) is 6.07 Å². The van der Waals surface area contributed by atoms with Gasteiger partial charge in [0, 0.05) is 11.7 Å². The highest BCUT2D eigenvalue weighted by Crippen LogP contribution is 2.23. The van der Waals surface area contributed by atoms with E-state index in [1.807, 2.05) is 0 Å². The van der Waals surface area contributed by atoms with Crippen molar-refractivity contribution in [1.29, 1.82) is 0 Å². The molecule has 2 N–H and O–H groups in total. The molecule has 1 aliphatic carbocycles. The number of amides is 2. The fourth-order valence-electron chi connectivity index (χ4n) is 2.13. The quantitative estimate of drug-likeness (QED) is 0.884. The van der Waals surface area contributed by atoms with E-state index in [0.29, 0.717) is 21.3 Å². The zero-order valence-corrected chi connectivity index (χ0v) is 13.4. The Labute approximate surface area is 136 Å². The molecule has 0 spiro atoms. The molecule has 1 heterocycles. The van der Waals surface area contributed by atoms with Crippen molar-refractivity contribution in [2.24, 2.45) is 0 Å². The maximum Gasteiger partial charge on any atom is 0.263 e. The van der Waals surface area contributed by atoms with E-state index in [1.165, 1.54) is 29.5 Å². The van der Waals surface area contributed by atoms with Crippen LogP contribution in [0.15, 0.2) is 24.3 Å². The van der Waals surface area contributed by atoms with Crippen molar-refractivity contribution in [3.63, 3.8) is 0 Å². The van der Waals surface area contributed by atoms with Gasteiger partial charge in [-0.25, -0.2) is 9.37 Å². The van der Waals surface area contributed by atoms with Gasteiger partial charge in [0.25, 0.3) is 5.91 Å². The summed E-state index contributed by atoms with van der Waals surface area (Å²) in [7, 11) is 0. The SMILES string of the molecule is Cc1nc(CC(=O)Nc2cccc(F)c2)sc1C(=O)NC1CC1.